The van der Waals surface area contributed by atoms with Crippen LogP contribution in [0.2, 0.25) is 0 Å². The second-order valence-corrected chi connectivity index (χ2v) is 4.96. The molecule has 0 saturated heterocycles. The number of hydrogen-bond acceptors (Lipinski definition) is 2. The van der Waals surface area contributed by atoms with E-state index in [9.17, 15) is 4.79 Å². The van der Waals surface area contributed by atoms with Gasteiger partial charge < -0.3 is 4.57 Å². The maximum Gasteiger partial charge on any atom is 0.279 e. The number of carbonyl (C=O) groups is 1. The van der Waals surface area contributed by atoms with Gasteiger partial charge in [0.05, 0.1) is 23.2 Å². The summed E-state index contributed by atoms with van der Waals surface area (Å²) in [4.78, 5) is 20.9. The molecule has 0 N–H and O–H groups in total. The molecular weight excluding hydrogens is 250 g/mol. The molecular formula is C16H15N3O. The fourth-order valence-electron chi connectivity index (χ4n) is 2.49. The third kappa shape index (κ3) is 1.90. The first-order chi connectivity index (χ1) is 9.58. The number of amides is 1. The molecule has 0 unspecified atom stereocenters. The average Bonchev–Trinajstić information content (AvgIpc) is 2.92. The van der Waals surface area contributed by atoms with Gasteiger partial charge >= 0.3 is 0 Å². The van der Waals surface area contributed by atoms with Crippen LogP contribution in [-0.4, -0.2) is 22.4 Å². The largest absolute Gasteiger partial charge is 0.354 e. The quantitative estimate of drug-likeness (QED) is 0.781. The maximum absolute atomic E-state index is 12.4. The van der Waals surface area contributed by atoms with Crippen LogP contribution in [0.3, 0.4) is 0 Å². The molecule has 0 bridgehead atoms. The maximum atomic E-state index is 12.4. The van der Waals surface area contributed by atoms with Gasteiger partial charge in [0.25, 0.3) is 5.91 Å². The van der Waals surface area contributed by atoms with Crippen molar-refractivity contribution in [3.63, 3.8) is 0 Å². The fraction of sp³-hybridized carbons (Fsp3) is 0.188. The summed E-state index contributed by atoms with van der Waals surface area (Å²) in [7, 11) is 1.93. The van der Waals surface area contributed by atoms with Crippen LogP contribution in [0.5, 0.6) is 0 Å². The van der Waals surface area contributed by atoms with Crippen molar-refractivity contribution in [1.29, 1.82) is 0 Å². The lowest BCUT2D eigenvalue weighted by molar-refractivity contribution is 0.100. The molecule has 0 saturated carbocycles. The number of benzene rings is 1. The van der Waals surface area contributed by atoms with Crippen LogP contribution in [0, 0.1) is 13.8 Å². The van der Waals surface area contributed by atoms with Crippen molar-refractivity contribution < 1.29 is 4.79 Å². The van der Waals surface area contributed by atoms with Gasteiger partial charge in [-0.15, -0.1) is 0 Å². The molecule has 3 rings (SSSR count). The van der Waals surface area contributed by atoms with Crippen LogP contribution in [0.1, 0.15) is 27.2 Å². The Bertz CT molecular complexity index is 766. The lowest BCUT2D eigenvalue weighted by Crippen LogP contribution is -2.06. The second kappa shape index (κ2) is 4.56. The Morgan fingerprint density at radius 3 is 2.70 bits per heavy atom. The molecule has 0 atom stereocenters. The number of hydrogen-bond donors (Lipinski definition) is 0. The number of aliphatic imine (C=N–C) groups is 2. The van der Waals surface area contributed by atoms with Gasteiger partial charge in [0.15, 0.2) is 0 Å². The predicted molar refractivity (Wildman–Crippen MR) is 80.3 cm³/mol. The van der Waals surface area contributed by atoms with Gasteiger partial charge in [-0.25, -0.2) is 4.99 Å². The Hall–Kier alpha value is -2.49. The normalized spacial score (nSPS) is 14.8. The first kappa shape index (κ1) is 12.5. The van der Waals surface area contributed by atoms with Crippen molar-refractivity contribution >= 4 is 23.5 Å². The molecule has 1 aliphatic heterocycles. The Labute approximate surface area is 117 Å². The number of fused-ring (bicyclic) bond motifs is 1. The van der Waals surface area contributed by atoms with E-state index in [0.717, 1.165) is 22.5 Å². The van der Waals surface area contributed by atoms with E-state index in [1.54, 1.807) is 6.21 Å². The van der Waals surface area contributed by atoms with Gasteiger partial charge in [-0.1, -0.05) is 18.2 Å². The van der Waals surface area contributed by atoms with E-state index in [2.05, 4.69) is 9.98 Å². The molecule has 1 amide bonds. The molecule has 20 heavy (non-hydrogen) atoms. The highest BCUT2D eigenvalue weighted by atomic mass is 16.1. The van der Waals surface area contributed by atoms with Gasteiger partial charge in [0.1, 0.15) is 0 Å². The Balaban J connectivity index is 2.02. The third-order valence-corrected chi connectivity index (χ3v) is 3.61. The van der Waals surface area contributed by atoms with Gasteiger partial charge in [0.2, 0.25) is 0 Å². The van der Waals surface area contributed by atoms with Crippen molar-refractivity contribution in [1.82, 2.24) is 4.57 Å². The lowest BCUT2D eigenvalue weighted by Gasteiger charge is -2.00. The molecule has 1 aliphatic rings. The molecule has 0 radical (unpaired) electrons. The van der Waals surface area contributed by atoms with Gasteiger partial charge in [-0.3, -0.25) is 9.79 Å². The summed E-state index contributed by atoms with van der Waals surface area (Å²) in [6, 6.07) is 7.69. The van der Waals surface area contributed by atoms with Crippen molar-refractivity contribution in [2.75, 3.05) is 0 Å². The van der Waals surface area contributed by atoms with Crippen molar-refractivity contribution in [3.05, 3.63) is 52.8 Å². The summed E-state index contributed by atoms with van der Waals surface area (Å²) >= 11 is 0. The number of nitrogens with zero attached hydrogens (tertiary/aromatic N) is 3. The Morgan fingerprint density at radius 1 is 1.25 bits per heavy atom. The molecule has 4 heteroatoms. The van der Waals surface area contributed by atoms with E-state index < -0.39 is 0 Å². The smallest absolute Gasteiger partial charge is 0.279 e. The molecule has 0 fully saturated rings. The van der Waals surface area contributed by atoms with Gasteiger partial charge in [0, 0.05) is 24.5 Å². The van der Waals surface area contributed by atoms with Crippen molar-refractivity contribution in [3.8, 4) is 0 Å². The molecule has 0 aliphatic carbocycles. The highest BCUT2D eigenvalue weighted by Gasteiger charge is 2.18. The van der Waals surface area contributed by atoms with E-state index >= 15 is 0 Å². The minimum absolute atomic E-state index is 0.209. The topological polar surface area (TPSA) is 46.7 Å². The SMILES string of the molecule is Cc1cn(C)c(C)c1C(=O)N=C1C=Nc2ccccc21. The van der Waals surface area contributed by atoms with E-state index in [0.29, 0.717) is 11.3 Å². The van der Waals surface area contributed by atoms with Crippen LogP contribution in [-0.2, 0) is 7.05 Å². The standard InChI is InChI=1S/C16H15N3O/c1-10-9-19(3)11(2)15(10)16(20)18-14-8-17-13-7-5-4-6-12(13)14/h4-9H,1-3H3. The summed E-state index contributed by atoms with van der Waals surface area (Å²) in [5.41, 5.74) is 4.96. The Morgan fingerprint density at radius 2 is 2.00 bits per heavy atom. The highest BCUT2D eigenvalue weighted by molar-refractivity contribution is 6.44. The number of aryl methyl sites for hydroxylation is 2. The third-order valence-electron chi connectivity index (χ3n) is 3.61. The molecule has 2 aromatic rings. The van der Waals surface area contributed by atoms with Crippen LogP contribution < -0.4 is 0 Å². The fourth-order valence-corrected chi connectivity index (χ4v) is 2.49. The molecule has 1 aromatic carbocycles. The lowest BCUT2D eigenvalue weighted by atomic mass is 10.1. The summed E-state index contributed by atoms with van der Waals surface area (Å²) in [5, 5.41) is 0. The van der Waals surface area contributed by atoms with Crippen molar-refractivity contribution in [2.45, 2.75) is 13.8 Å². The van der Waals surface area contributed by atoms with Crippen LogP contribution in [0.25, 0.3) is 0 Å². The Kier molecular flexibility index (Phi) is 2.86. The van der Waals surface area contributed by atoms with Crippen LogP contribution in [0.15, 0.2) is 40.4 Å². The van der Waals surface area contributed by atoms with E-state index in [4.69, 9.17) is 0 Å². The predicted octanol–water partition coefficient (Wildman–Crippen LogP) is 2.99. The molecule has 100 valence electrons. The van der Waals surface area contributed by atoms with E-state index in [-0.39, 0.29) is 5.91 Å². The zero-order chi connectivity index (χ0) is 14.3. The summed E-state index contributed by atoms with van der Waals surface area (Å²) < 4.78 is 1.94. The zero-order valence-electron chi connectivity index (χ0n) is 11.7. The van der Waals surface area contributed by atoms with E-state index in [1.807, 2.05) is 55.9 Å². The minimum atomic E-state index is -0.209. The van der Waals surface area contributed by atoms with E-state index in [1.165, 1.54) is 0 Å². The minimum Gasteiger partial charge on any atom is -0.354 e. The second-order valence-electron chi connectivity index (χ2n) is 4.96. The number of carbonyl (C=O) groups excluding carboxylic acids is 1. The average molecular weight is 265 g/mol. The zero-order valence-corrected chi connectivity index (χ0v) is 11.7. The first-order valence-corrected chi connectivity index (χ1v) is 6.47. The molecule has 0 spiro atoms. The summed E-state index contributed by atoms with van der Waals surface area (Å²) in [6.07, 6.45) is 3.59. The highest BCUT2D eigenvalue weighted by Crippen LogP contribution is 2.24. The number of rotatable bonds is 1. The number of aromatic nitrogens is 1. The number of para-hydroxylation sites is 1. The molecule has 4 nitrogen and oxygen atoms in total. The monoisotopic (exact) mass is 265 g/mol. The first-order valence-electron chi connectivity index (χ1n) is 6.47. The molecule has 1 aromatic heterocycles. The van der Waals surface area contributed by atoms with Gasteiger partial charge in [-0.2, -0.15) is 0 Å². The van der Waals surface area contributed by atoms with Crippen LogP contribution >= 0.6 is 0 Å². The van der Waals surface area contributed by atoms with Crippen molar-refractivity contribution in [2.24, 2.45) is 17.0 Å². The van der Waals surface area contributed by atoms with Gasteiger partial charge in [-0.05, 0) is 25.5 Å². The molecule has 2 heterocycles. The summed E-state index contributed by atoms with van der Waals surface area (Å²) in [5.74, 6) is -0.209. The van der Waals surface area contributed by atoms with Crippen LogP contribution in [0.4, 0.5) is 5.69 Å². The summed E-state index contributed by atoms with van der Waals surface area (Å²) in [6.45, 7) is 3.86.